The lowest BCUT2D eigenvalue weighted by Crippen LogP contribution is -2.11. The van der Waals surface area contributed by atoms with E-state index >= 15 is 0 Å². The molecule has 2 aromatic heterocycles. The minimum absolute atomic E-state index is 0.221. The number of carbonyl (C=O) groups is 1. The van der Waals surface area contributed by atoms with E-state index in [1.165, 1.54) is 23.7 Å². The molecule has 1 amide bonds. The van der Waals surface area contributed by atoms with Gasteiger partial charge in [0.1, 0.15) is 15.7 Å². The summed E-state index contributed by atoms with van der Waals surface area (Å²) in [5.41, 5.74) is 0.868. The summed E-state index contributed by atoms with van der Waals surface area (Å²) in [6.07, 6.45) is 3.01. The lowest BCUT2D eigenvalue weighted by Gasteiger charge is -2.01. The van der Waals surface area contributed by atoms with Crippen LogP contribution in [0.2, 0.25) is 5.02 Å². The van der Waals surface area contributed by atoms with Crippen LogP contribution in [0.1, 0.15) is 9.67 Å². The van der Waals surface area contributed by atoms with E-state index in [0.717, 1.165) is 10.6 Å². The van der Waals surface area contributed by atoms with Crippen molar-refractivity contribution in [3.8, 4) is 22.1 Å². The van der Waals surface area contributed by atoms with Gasteiger partial charge in [-0.15, -0.1) is 11.3 Å². The van der Waals surface area contributed by atoms with Crippen LogP contribution in [0.25, 0.3) is 10.6 Å². The molecule has 3 aromatic rings. The number of thiazole rings is 1. The third kappa shape index (κ3) is 2.91. The lowest BCUT2D eigenvalue weighted by atomic mass is 10.2. The van der Waals surface area contributed by atoms with E-state index in [1.807, 2.05) is 18.2 Å². The number of benzene rings is 1. The maximum Gasteiger partial charge on any atom is 0.268 e. The summed E-state index contributed by atoms with van der Waals surface area (Å²) in [6.45, 7) is 0.221. The predicted octanol–water partition coefficient (Wildman–Crippen LogP) is 3.84. The van der Waals surface area contributed by atoms with Crippen molar-refractivity contribution in [2.24, 2.45) is 0 Å². The van der Waals surface area contributed by atoms with Crippen LogP contribution in [-0.4, -0.2) is 22.7 Å². The van der Waals surface area contributed by atoms with E-state index in [1.54, 1.807) is 12.1 Å². The number of carbonyl (C=O) groups excluding carboxylic acids is 1. The molecule has 6 nitrogen and oxygen atoms in total. The largest absolute Gasteiger partial charge is 0.454 e. The first-order chi connectivity index (χ1) is 11.7. The molecule has 0 radical (unpaired) electrons. The summed E-state index contributed by atoms with van der Waals surface area (Å²) in [5.74, 6) is 1.55. The van der Waals surface area contributed by atoms with Gasteiger partial charge in [0.2, 0.25) is 6.79 Å². The van der Waals surface area contributed by atoms with Crippen LogP contribution in [0.5, 0.6) is 11.5 Å². The Bertz CT molecular complexity index is 911. The van der Waals surface area contributed by atoms with E-state index in [2.05, 4.69) is 15.3 Å². The molecule has 4 rings (SSSR count). The molecule has 0 unspecified atom stereocenters. The molecule has 0 saturated heterocycles. The Morgan fingerprint density at radius 3 is 2.83 bits per heavy atom. The Morgan fingerprint density at radius 1 is 1.12 bits per heavy atom. The van der Waals surface area contributed by atoms with E-state index in [4.69, 9.17) is 21.1 Å². The zero-order chi connectivity index (χ0) is 16.5. The Labute approximate surface area is 146 Å². The first-order valence-electron chi connectivity index (χ1n) is 6.98. The smallest absolute Gasteiger partial charge is 0.268 e. The van der Waals surface area contributed by atoms with Gasteiger partial charge in [0, 0.05) is 11.8 Å². The van der Waals surface area contributed by atoms with Crippen LogP contribution in [0, 0.1) is 0 Å². The first kappa shape index (κ1) is 14.9. The summed E-state index contributed by atoms with van der Waals surface area (Å²) in [4.78, 5) is 21.1. The van der Waals surface area contributed by atoms with Crippen molar-refractivity contribution in [3.05, 3.63) is 52.6 Å². The lowest BCUT2D eigenvalue weighted by molar-refractivity contribution is 0.103. The fraction of sp³-hybridized carbons (Fsp3) is 0.0625. The van der Waals surface area contributed by atoms with Crippen molar-refractivity contribution in [1.82, 2.24) is 9.97 Å². The van der Waals surface area contributed by atoms with E-state index in [9.17, 15) is 4.79 Å². The topological polar surface area (TPSA) is 73.3 Å². The molecule has 0 fully saturated rings. The third-order valence-electron chi connectivity index (χ3n) is 3.32. The predicted molar refractivity (Wildman–Crippen MR) is 90.9 cm³/mol. The van der Waals surface area contributed by atoms with Crippen LogP contribution in [-0.2, 0) is 0 Å². The molecule has 120 valence electrons. The molecule has 1 aromatic carbocycles. The highest BCUT2D eigenvalue weighted by molar-refractivity contribution is 7.17. The second kappa shape index (κ2) is 6.10. The highest BCUT2D eigenvalue weighted by Crippen LogP contribution is 2.37. The summed E-state index contributed by atoms with van der Waals surface area (Å²) >= 11 is 7.06. The second-order valence-electron chi connectivity index (χ2n) is 4.91. The molecular weight excluding hydrogens is 350 g/mol. The Kier molecular flexibility index (Phi) is 3.79. The molecule has 24 heavy (non-hydrogen) atoms. The second-order valence-corrected chi connectivity index (χ2v) is 6.38. The monoisotopic (exact) mass is 359 g/mol. The van der Waals surface area contributed by atoms with Gasteiger partial charge in [-0.2, -0.15) is 0 Å². The average molecular weight is 360 g/mol. The van der Waals surface area contributed by atoms with Gasteiger partial charge in [-0.3, -0.25) is 4.79 Å². The van der Waals surface area contributed by atoms with Crippen LogP contribution in [0.3, 0.4) is 0 Å². The van der Waals surface area contributed by atoms with Crippen molar-refractivity contribution in [1.29, 1.82) is 0 Å². The van der Waals surface area contributed by atoms with E-state index in [0.29, 0.717) is 27.2 Å². The molecule has 1 aliphatic rings. The number of amides is 1. The summed E-state index contributed by atoms with van der Waals surface area (Å²) in [7, 11) is 0. The molecule has 1 aliphatic heterocycles. The van der Waals surface area contributed by atoms with Gasteiger partial charge in [0.05, 0.1) is 11.2 Å². The molecule has 0 spiro atoms. The van der Waals surface area contributed by atoms with Crippen LogP contribution in [0.4, 0.5) is 5.82 Å². The first-order valence-corrected chi connectivity index (χ1v) is 8.17. The molecule has 0 atom stereocenters. The Morgan fingerprint density at radius 2 is 2.00 bits per heavy atom. The minimum atomic E-state index is -0.269. The number of aromatic nitrogens is 2. The minimum Gasteiger partial charge on any atom is -0.454 e. The number of pyridine rings is 1. The molecule has 3 heterocycles. The van der Waals surface area contributed by atoms with Gasteiger partial charge in [-0.05, 0) is 30.3 Å². The van der Waals surface area contributed by atoms with Crippen LogP contribution >= 0.6 is 22.9 Å². The van der Waals surface area contributed by atoms with Gasteiger partial charge in [0.15, 0.2) is 11.5 Å². The number of hydrogen-bond donors (Lipinski definition) is 1. The highest BCUT2D eigenvalue weighted by atomic mass is 35.5. The highest BCUT2D eigenvalue weighted by Gasteiger charge is 2.17. The van der Waals surface area contributed by atoms with Crippen molar-refractivity contribution in [2.45, 2.75) is 0 Å². The van der Waals surface area contributed by atoms with Gasteiger partial charge in [-0.25, -0.2) is 9.97 Å². The van der Waals surface area contributed by atoms with Crippen molar-refractivity contribution < 1.29 is 14.3 Å². The quantitative estimate of drug-likeness (QED) is 0.769. The molecular formula is C16H10ClN3O3S. The molecule has 0 saturated carbocycles. The number of halogens is 1. The average Bonchev–Trinajstić information content (AvgIpc) is 3.25. The maximum atomic E-state index is 12.3. The number of hydrogen-bond acceptors (Lipinski definition) is 6. The van der Waals surface area contributed by atoms with Gasteiger partial charge in [0.25, 0.3) is 5.91 Å². The molecule has 8 heteroatoms. The summed E-state index contributed by atoms with van der Waals surface area (Å²) < 4.78 is 10.6. The number of nitrogens with zero attached hydrogens (tertiary/aromatic N) is 2. The third-order valence-corrected chi connectivity index (χ3v) is 4.59. The number of rotatable bonds is 3. The number of fused-ring (bicyclic) bond motifs is 1. The number of nitrogens with one attached hydrogen (secondary N) is 1. The molecule has 0 bridgehead atoms. The van der Waals surface area contributed by atoms with Gasteiger partial charge < -0.3 is 14.8 Å². The fourth-order valence-electron chi connectivity index (χ4n) is 2.17. The van der Waals surface area contributed by atoms with Crippen molar-refractivity contribution >= 4 is 34.7 Å². The summed E-state index contributed by atoms with van der Waals surface area (Å²) in [6, 6.07) is 8.86. The van der Waals surface area contributed by atoms with Crippen molar-refractivity contribution in [3.63, 3.8) is 0 Å². The van der Waals surface area contributed by atoms with Crippen LogP contribution in [0.15, 0.2) is 42.7 Å². The van der Waals surface area contributed by atoms with Crippen LogP contribution < -0.4 is 14.8 Å². The zero-order valence-corrected chi connectivity index (χ0v) is 13.7. The Balaban J connectivity index is 1.54. The molecule has 1 N–H and O–H groups in total. The SMILES string of the molecule is O=C(Nc1ccc(Cl)cn1)c1cnc(-c2ccc3c(c2)OCO3)s1. The number of anilines is 1. The summed E-state index contributed by atoms with van der Waals surface area (Å²) in [5, 5.41) is 3.94. The van der Waals surface area contributed by atoms with Gasteiger partial charge >= 0.3 is 0 Å². The zero-order valence-electron chi connectivity index (χ0n) is 12.2. The standard InChI is InChI=1S/C16H10ClN3O3S/c17-10-2-4-14(18-6-10)20-15(21)13-7-19-16(24-13)9-1-3-11-12(5-9)23-8-22-11/h1-7H,8H2,(H,18,20,21). The van der Waals surface area contributed by atoms with E-state index in [-0.39, 0.29) is 12.7 Å². The maximum absolute atomic E-state index is 12.3. The van der Waals surface area contributed by atoms with Gasteiger partial charge in [-0.1, -0.05) is 11.6 Å². The normalized spacial score (nSPS) is 12.2. The fourth-order valence-corrected chi connectivity index (χ4v) is 3.09. The Hall–Kier alpha value is -2.64. The van der Waals surface area contributed by atoms with Crippen molar-refractivity contribution in [2.75, 3.05) is 12.1 Å². The van der Waals surface area contributed by atoms with E-state index < -0.39 is 0 Å². The molecule has 0 aliphatic carbocycles. The number of ether oxygens (including phenoxy) is 2.